The lowest BCUT2D eigenvalue weighted by Gasteiger charge is -2.10. The predicted molar refractivity (Wildman–Crippen MR) is 117 cm³/mol. The van der Waals surface area contributed by atoms with Gasteiger partial charge in [0.25, 0.3) is 5.91 Å². The van der Waals surface area contributed by atoms with Gasteiger partial charge in [-0.15, -0.1) is 11.3 Å². The van der Waals surface area contributed by atoms with Crippen LogP contribution in [0.4, 0.5) is 5.69 Å². The molecule has 3 aromatic rings. The Balaban J connectivity index is 1.68. The summed E-state index contributed by atoms with van der Waals surface area (Å²) < 4.78 is 38.2. The molecule has 0 unspecified atom stereocenters. The molecule has 0 atom stereocenters. The van der Waals surface area contributed by atoms with Gasteiger partial charge in [-0.05, 0) is 41.8 Å². The van der Waals surface area contributed by atoms with Crippen LogP contribution in [-0.2, 0) is 21.3 Å². The van der Waals surface area contributed by atoms with Crippen LogP contribution in [0.15, 0.2) is 70.9 Å². The highest BCUT2D eigenvalue weighted by Gasteiger charge is 2.16. The second kappa shape index (κ2) is 10.4. The maximum Gasteiger partial charge on any atom is 0.255 e. The van der Waals surface area contributed by atoms with Crippen LogP contribution in [0.2, 0.25) is 0 Å². The quantitative estimate of drug-likeness (QED) is 0.465. The summed E-state index contributed by atoms with van der Waals surface area (Å²) in [4.78, 5) is 13.6. The molecule has 0 radical (unpaired) electrons. The lowest BCUT2D eigenvalue weighted by atomic mass is 10.2. The molecule has 0 aliphatic carbocycles. The van der Waals surface area contributed by atoms with Gasteiger partial charge in [-0.1, -0.05) is 18.2 Å². The van der Waals surface area contributed by atoms with Gasteiger partial charge >= 0.3 is 0 Å². The van der Waals surface area contributed by atoms with E-state index in [0.717, 1.165) is 4.88 Å². The van der Waals surface area contributed by atoms with E-state index >= 15 is 0 Å². The molecule has 2 aromatic carbocycles. The number of amides is 1. The smallest absolute Gasteiger partial charge is 0.255 e. The van der Waals surface area contributed by atoms with E-state index in [-0.39, 0.29) is 17.0 Å². The largest absolute Gasteiger partial charge is 0.491 e. The Kier molecular flexibility index (Phi) is 7.58. The molecular formula is C21H22N2O5S2. The topological polar surface area (TPSA) is 93.7 Å². The molecule has 0 bridgehead atoms. The molecule has 3 rings (SSSR count). The third kappa shape index (κ3) is 6.14. The summed E-state index contributed by atoms with van der Waals surface area (Å²) in [5.41, 5.74) is 0.777. The number of methoxy groups -OCH3 is 1. The van der Waals surface area contributed by atoms with Gasteiger partial charge in [-0.3, -0.25) is 4.79 Å². The van der Waals surface area contributed by atoms with Crippen LogP contribution in [0.25, 0.3) is 0 Å². The van der Waals surface area contributed by atoms with Crippen molar-refractivity contribution in [3.8, 4) is 5.75 Å². The maximum atomic E-state index is 12.6. The van der Waals surface area contributed by atoms with E-state index in [2.05, 4.69) is 10.0 Å². The maximum absolute atomic E-state index is 12.6. The van der Waals surface area contributed by atoms with Crippen molar-refractivity contribution >= 4 is 33.0 Å². The van der Waals surface area contributed by atoms with Gasteiger partial charge in [-0.25, -0.2) is 13.1 Å². The average molecular weight is 447 g/mol. The molecule has 9 heteroatoms. The van der Waals surface area contributed by atoms with E-state index in [4.69, 9.17) is 9.47 Å². The number of ether oxygens (including phenoxy) is 2. The van der Waals surface area contributed by atoms with Crippen molar-refractivity contribution < 1.29 is 22.7 Å². The summed E-state index contributed by atoms with van der Waals surface area (Å²) in [5, 5.41) is 4.64. The molecule has 0 saturated heterocycles. The van der Waals surface area contributed by atoms with Gasteiger partial charge < -0.3 is 14.8 Å². The van der Waals surface area contributed by atoms with Crippen molar-refractivity contribution in [1.29, 1.82) is 0 Å². The molecule has 0 spiro atoms. The number of hydrogen-bond acceptors (Lipinski definition) is 6. The second-order valence-corrected chi connectivity index (χ2v) is 9.05. The third-order valence-electron chi connectivity index (χ3n) is 4.07. The summed E-state index contributed by atoms with van der Waals surface area (Å²) in [6.45, 7) is 1.05. The molecule has 1 heterocycles. The van der Waals surface area contributed by atoms with Crippen LogP contribution in [-0.4, -0.2) is 34.6 Å². The number of carbonyl (C=O) groups excluding carboxylic acids is 1. The standard InChI is InChI=1S/C21H22N2O5S2/c1-27-10-11-28-18-7-3-6-17(14-18)23-21(24)16-5-2-9-20(13-16)30(25,26)22-15-19-8-4-12-29-19/h2-9,12-14,22H,10-11,15H2,1H3,(H,23,24). The van der Waals surface area contributed by atoms with Crippen LogP contribution < -0.4 is 14.8 Å². The number of nitrogens with one attached hydrogen (secondary N) is 2. The molecule has 2 N–H and O–H groups in total. The molecule has 0 aliphatic rings. The monoisotopic (exact) mass is 446 g/mol. The van der Waals surface area contributed by atoms with Crippen molar-refractivity contribution in [1.82, 2.24) is 4.72 Å². The number of thiophene rings is 1. The van der Waals surface area contributed by atoms with E-state index in [9.17, 15) is 13.2 Å². The van der Waals surface area contributed by atoms with Gasteiger partial charge in [0.15, 0.2) is 0 Å². The average Bonchev–Trinajstić information content (AvgIpc) is 3.27. The Hall–Kier alpha value is -2.72. The van der Waals surface area contributed by atoms with Crippen molar-refractivity contribution in [3.63, 3.8) is 0 Å². The summed E-state index contributed by atoms with van der Waals surface area (Å²) in [5.74, 6) is 0.179. The van der Waals surface area contributed by atoms with Gasteiger partial charge in [0.05, 0.1) is 11.5 Å². The minimum atomic E-state index is -3.74. The van der Waals surface area contributed by atoms with Crippen molar-refractivity contribution in [2.24, 2.45) is 0 Å². The number of benzene rings is 2. The second-order valence-electron chi connectivity index (χ2n) is 6.25. The first-order valence-corrected chi connectivity index (χ1v) is 11.5. The molecule has 0 aliphatic heterocycles. The summed E-state index contributed by atoms with van der Waals surface area (Å²) in [6, 6.07) is 16.6. The minimum Gasteiger partial charge on any atom is -0.491 e. The van der Waals surface area contributed by atoms with Crippen LogP contribution >= 0.6 is 11.3 Å². The Bertz CT molecular complexity index is 1080. The van der Waals surface area contributed by atoms with E-state index in [1.807, 2.05) is 17.5 Å². The Morgan fingerprint density at radius 2 is 1.87 bits per heavy atom. The number of anilines is 1. The van der Waals surface area contributed by atoms with Crippen LogP contribution in [0, 0.1) is 0 Å². The fraction of sp³-hybridized carbons (Fsp3) is 0.190. The number of carbonyl (C=O) groups is 1. The molecule has 1 amide bonds. The Morgan fingerprint density at radius 3 is 2.63 bits per heavy atom. The number of rotatable bonds is 10. The number of hydrogen-bond donors (Lipinski definition) is 2. The lowest BCUT2D eigenvalue weighted by molar-refractivity contribution is 0.102. The third-order valence-corrected chi connectivity index (χ3v) is 6.35. The zero-order valence-electron chi connectivity index (χ0n) is 16.3. The zero-order chi connectivity index (χ0) is 21.4. The van der Waals surface area contributed by atoms with Gasteiger partial charge in [0.2, 0.25) is 10.0 Å². The van der Waals surface area contributed by atoms with Gasteiger partial charge in [0.1, 0.15) is 12.4 Å². The molecule has 7 nitrogen and oxygen atoms in total. The highest BCUT2D eigenvalue weighted by molar-refractivity contribution is 7.89. The Morgan fingerprint density at radius 1 is 1.03 bits per heavy atom. The highest BCUT2D eigenvalue weighted by atomic mass is 32.2. The highest BCUT2D eigenvalue weighted by Crippen LogP contribution is 2.19. The molecule has 0 saturated carbocycles. The molecule has 30 heavy (non-hydrogen) atoms. The number of sulfonamides is 1. The Labute approximate surface area is 179 Å². The van der Waals surface area contributed by atoms with Gasteiger partial charge in [-0.2, -0.15) is 0 Å². The van der Waals surface area contributed by atoms with E-state index in [1.54, 1.807) is 43.5 Å². The first-order chi connectivity index (χ1) is 14.5. The van der Waals surface area contributed by atoms with Crippen LogP contribution in [0.5, 0.6) is 5.75 Å². The fourth-order valence-electron chi connectivity index (χ4n) is 2.58. The zero-order valence-corrected chi connectivity index (χ0v) is 18.0. The van der Waals surface area contributed by atoms with Crippen molar-refractivity contribution in [2.45, 2.75) is 11.4 Å². The van der Waals surface area contributed by atoms with E-state index in [0.29, 0.717) is 24.7 Å². The summed E-state index contributed by atoms with van der Waals surface area (Å²) >= 11 is 1.47. The summed E-state index contributed by atoms with van der Waals surface area (Å²) in [6.07, 6.45) is 0. The van der Waals surface area contributed by atoms with E-state index < -0.39 is 15.9 Å². The van der Waals surface area contributed by atoms with Crippen molar-refractivity contribution in [2.75, 3.05) is 25.6 Å². The summed E-state index contributed by atoms with van der Waals surface area (Å²) in [7, 11) is -2.15. The van der Waals surface area contributed by atoms with E-state index in [1.165, 1.54) is 23.5 Å². The molecule has 0 fully saturated rings. The first-order valence-electron chi connectivity index (χ1n) is 9.13. The SMILES string of the molecule is COCCOc1cccc(NC(=O)c2cccc(S(=O)(=O)NCc3cccs3)c2)c1. The first kappa shape index (κ1) is 22.0. The molecule has 1 aromatic heterocycles. The van der Waals surface area contributed by atoms with Crippen molar-refractivity contribution in [3.05, 3.63) is 76.5 Å². The lowest BCUT2D eigenvalue weighted by Crippen LogP contribution is -2.23. The normalized spacial score (nSPS) is 11.2. The predicted octanol–water partition coefficient (Wildman–Crippen LogP) is 3.50. The minimum absolute atomic E-state index is 0.0309. The van der Waals surface area contributed by atoms with Gasteiger partial charge in [0, 0.05) is 35.8 Å². The fourth-order valence-corrected chi connectivity index (χ4v) is 4.36. The molecular weight excluding hydrogens is 424 g/mol. The van der Waals surface area contributed by atoms with Crippen LogP contribution in [0.3, 0.4) is 0 Å². The molecule has 158 valence electrons. The van der Waals surface area contributed by atoms with Crippen LogP contribution in [0.1, 0.15) is 15.2 Å².